The van der Waals surface area contributed by atoms with Crippen molar-refractivity contribution in [2.45, 2.75) is 25.2 Å². The van der Waals surface area contributed by atoms with Crippen LogP contribution in [0.5, 0.6) is 11.5 Å². The minimum absolute atomic E-state index is 0.547. The molecule has 1 aromatic carbocycles. The maximum atomic E-state index is 9.39. The molecule has 0 N–H and O–H groups in total. The second kappa shape index (κ2) is 6.51. The SMILES string of the molecule is COc1ccc(C(C)(C#N)CCCCl)cc1OC. The molecule has 0 heterocycles. The highest BCUT2D eigenvalue weighted by molar-refractivity contribution is 6.17. The van der Waals surface area contributed by atoms with E-state index in [0.29, 0.717) is 17.4 Å². The van der Waals surface area contributed by atoms with Crippen molar-refractivity contribution >= 4 is 11.6 Å². The summed E-state index contributed by atoms with van der Waals surface area (Å²) in [6.07, 6.45) is 1.53. The van der Waals surface area contributed by atoms with E-state index < -0.39 is 5.41 Å². The second-order valence-electron chi connectivity index (χ2n) is 4.31. The Bertz CT molecular complexity index is 442. The number of methoxy groups -OCH3 is 2. The highest BCUT2D eigenvalue weighted by Gasteiger charge is 2.27. The Hall–Kier alpha value is -1.40. The van der Waals surface area contributed by atoms with Crippen LogP contribution in [0.3, 0.4) is 0 Å². The molecule has 0 amide bonds. The lowest BCUT2D eigenvalue weighted by atomic mass is 9.80. The van der Waals surface area contributed by atoms with Crippen LogP contribution in [0.15, 0.2) is 18.2 Å². The van der Waals surface area contributed by atoms with E-state index in [1.54, 1.807) is 14.2 Å². The molecule has 0 aliphatic rings. The molecule has 0 aliphatic carbocycles. The number of alkyl halides is 1. The van der Waals surface area contributed by atoms with Crippen LogP contribution >= 0.6 is 11.6 Å². The smallest absolute Gasteiger partial charge is 0.161 e. The van der Waals surface area contributed by atoms with E-state index in [4.69, 9.17) is 21.1 Å². The number of rotatable bonds is 6. The third-order valence-electron chi connectivity index (χ3n) is 3.08. The zero-order valence-corrected chi connectivity index (χ0v) is 11.8. The number of hydrogen-bond acceptors (Lipinski definition) is 3. The van der Waals surface area contributed by atoms with Gasteiger partial charge in [0.1, 0.15) is 0 Å². The summed E-state index contributed by atoms with van der Waals surface area (Å²) < 4.78 is 10.5. The number of ether oxygens (including phenoxy) is 2. The minimum Gasteiger partial charge on any atom is -0.493 e. The van der Waals surface area contributed by atoms with Crippen molar-refractivity contribution in [1.29, 1.82) is 5.26 Å². The van der Waals surface area contributed by atoms with E-state index in [-0.39, 0.29) is 0 Å². The number of halogens is 1. The average Bonchev–Trinajstić information content (AvgIpc) is 2.43. The second-order valence-corrected chi connectivity index (χ2v) is 4.68. The molecule has 4 heteroatoms. The van der Waals surface area contributed by atoms with Crippen molar-refractivity contribution in [3.8, 4) is 17.6 Å². The molecule has 1 aromatic rings. The minimum atomic E-state index is -0.547. The standard InChI is InChI=1S/C14H18ClNO2/c1-14(10-16,7-4-8-15)11-5-6-12(17-2)13(9-11)18-3/h5-6,9H,4,7-8H2,1-3H3. The van der Waals surface area contributed by atoms with Gasteiger partial charge < -0.3 is 9.47 Å². The Balaban J connectivity index is 3.11. The van der Waals surface area contributed by atoms with Crippen LogP contribution in [0.2, 0.25) is 0 Å². The zero-order valence-electron chi connectivity index (χ0n) is 11.0. The third kappa shape index (κ3) is 3.08. The summed E-state index contributed by atoms with van der Waals surface area (Å²) in [5.41, 5.74) is 0.377. The summed E-state index contributed by atoms with van der Waals surface area (Å²) in [5, 5.41) is 9.39. The van der Waals surface area contributed by atoms with Gasteiger partial charge in [-0.2, -0.15) is 5.26 Å². The maximum absolute atomic E-state index is 9.39. The molecule has 0 bridgehead atoms. The van der Waals surface area contributed by atoms with E-state index in [1.807, 2.05) is 25.1 Å². The van der Waals surface area contributed by atoms with Crippen LogP contribution < -0.4 is 9.47 Å². The predicted octanol–water partition coefficient (Wildman–Crippen LogP) is 3.50. The molecule has 0 aromatic heterocycles. The van der Waals surface area contributed by atoms with Crippen LogP contribution in [-0.2, 0) is 5.41 Å². The molecular formula is C14H18ClNO2. The number of hydrogen-bond donors (Lipinski definition) is 0. The molecule has 1 unspecified atom stereocenters. The van der Waals surface area contributed by atoms with Crippen LogP contribution in [-0.4, -0.2) is 20.1 Å². The van der Waals surface area contributed by atoms with E-state index in [2.05, 4.69) is 6.07 Å². The van der Waals surface area contributed by atoms with Gasteiger partial charge in [-0.15, -0.1) is 11.6 Å². The summed E-state index contributed by atoms with van der Waals surface area (Å²) in [5.74, 6) is 1.87. The molecule has 3 nitrogen and oxygen atoms in total. The van der Waals surface area contributed by atoms with Gasteiger partial charge in [-0.3, -0.25) is 0 Å². The molecule has 1 rings (SSSR count). The summed E-state index contributed by atoms with van der Waals surface area (Å²) in [6.45, 7) is 1.92. The Morgan fingerprint density at radius 1 is 1.28 bits per heavy atom. The fourth-order valence-electron chi connectivity index (χ4n) is 1.86. The molecule has 18 heavy (non-hydrogen) atoms. The van der Waals surface area contributed by atoms with E-state index >= 15 is 0 Å². The summed E-state index contributed by atoms with van der Waals surface area (Å²) in [7, 11) is 3.18. The normalized spacial score (nSPS) is 13.5. The number of nitrogens with zero attached hydrogens (tertiary/aromatic N) is 1. The fourth-order valence-corrected chi connectivity index (χ4v) is 2.00. The van der Waals surface area contributed by atoms with Crippen molar-refractivity contribution in [1.82, 2.24) is 0 Å². The van der Waals surface area contributed by atoms with Crippen molar-refractivity contribution < 1.29 is 9.47 Å². The lowest BCUT2D eigenvalue weighted by molar-refractivity contribution is 0.353. The van der Waals surface area contributed by atoms with Gasteiger partial charge >= 0.3 is 0 Å². The first-order chi connectivity index (χ1) is 8.61. The average molecular weight is 268 g/mol. The van der Waals surface area contributed by atoms with Gasteiger partial charge in [-0.05, 0) is 37.5 Å². The summed E-state index contributed by atoms with van der Waals surface area (Å²) in [4.78, 5) is 0. The Labute approximate surface area is 113 Å². The van der Waals surface area contributed by atoms with Gasteiger partial charge in [-0.1, -0.05) is 6.07 Å². The highest BCUT2D eigenvalue weighted by Crippen LogP contribution is 2.35. The zero-order chi connectivity index (χ0) is 13.6. The molecule has 0 saturated heterocycles. The van der Waals surface area contributed by atoms with Crippen LogP contribution in [0.1, 0.15) is 25.3 Å². The molecule has 0 radical (unpaired) electrons. The first kappa shape index (κ1) is 14.7. The summed E-state index contributed by atoms with van der Waals surface area (Å²) >= 11 is 5.70. The van der Waals surface area contributed by atoms with Gasteiger partial charge in [0.25, 0.3) is 0 Å². The van der Waals surface area contributed by atoms with E-state index in [1.165, 1.54) is 0 Å². The Morgan fingerprint density at radius 2 is 1.94 bits per heavy atom. The van der Waals surface area contributed by atoms with Crippen molar-refractivity contribution in [3.05, 3.63) is 23.8 Å². The third-order valence-corrected chi connectivity index (χ3v) is 3.35. The lowest BCUT2D eigenvalue weighted by Gasteiger charge is -2.22. The first-order valence-electron chi connectivity index (χ1n) is 5.81. The lowest BCUT2D eigenvalue weighted by Crippen LogP contribution is -2.19. The predicted molar refractivity (Wildman–Crippen MR) is 72.5 cm³/mol. The van der Waals surface area contributed by atoms with Crippen molar-refractivity contribution in [2.24, 2.45) is 0 Å². The van der Waals surface area contributed by atoms with Gasteiger partial charge in [0.15, 0.2) is 11.5 Å². The monoisotopic (exact) mass is 267 g/mol. The van der Waals surface area contributed by atoms with Gasteiger partial charge in [0.05, 0.1) is 25.7 Å². The molecule has 0 saturated carbocycles. The summed E-state index contributed by atoms with van der Waals surface area (Å²) in [6, 6.07) is 7.95. The number of benzene rings is 1. The molecule has 0 aliphatic heterocycles. The molecule has 0 spiro atoms. The van der Waals surface area contributed by atoms with Gasteiger partial charge in [0.2, 0.25) is 0 Å². The molecule has 0 fully saturated rings. The largest absolute Gasteiger partial charge is 0.493 e. The van der Waals surface area contributed by atoms with E-state index in [9.17, 15) is 5.26 Å². The van der Waals surface area contributed by atoms with Crippen LogP contribution in [0.25, 0.3) is 0 Å². The van der Waals surface area contributed by atoms with Crippen LogP contribution in [0.4, 0.5) is 0 Å². The number of nitriles is 1. The maximum Gasteiger partial charge on any atom is 0.161 e. The Morgan fingerprint density at radius 3 is 2.44 bits per heavy atom. The highest BCUT2D eigenvalue weighted by atomic mass is 35.5. The van der Waals surface area contributed by atoms with E-state index in [0.717, 1.165) is 18.4 Å². The van der Waals surface area contributed by atoms with Gasteiger partial charge in [-0.25, -0.2) is 0 Å². The van der Waals surface area contributed by atoms with Crippen molar-refractivity contribution in [3.63, 3.8) is 0 Å². The Kier molecular flexibility index (Phi) is 5.30. The molecule has 1 atom stereocenters. The molecule has 98 valence electrons. The van der Waals surface area contributed by atoms with Crippen LogP contribution in [0, 0.1) is 11.3 Å². The fraction of sp³-hybridized carbons (Fsp3) is 0.500. The quantitative estimate of drug-likeness (QED) is 0.741. The van der Waals surface area contributed by atoms with Gasteiger partial charge in [0, 0.05) is 5.88 Å². The first-order valence-corrected chi connectivity index (χ1v) is 6.34. The van der Waals surface area contributed by atoms with Crippen molar-refractivity contribution in [2.75, 3.05) is 20.1 Å². The molecular weight excluding hydrogens is 250 g/mol. The topological polar surface area (TPSA) is 42.2 Å².